The molecule has 8 heteroatoms. The molecule has 0 aliphatic heterocycles. The predicted octanol–water partition coefficient (Wildman–Crippen LogP) is 16.6. The van der Waals surface area contributed by atoms with Crippen molar-refractivity contribution in [3.8, 4) is 23.7 Å². The summed E-state index contributed by atoms with van der Waals surface area (Å²) in [7, 11) is -4.16. The monoisotopic (exact) mass is 1250 g/mol. The molecule has 2 heterocycles. The van der Waals surface area contributed by atoms with Gasteiger partial charge in [0.2, 0.25) is 13.4 Å². The first kappa shape index (κ1) is 63.7. The van der Waals surface area contributed by atoms with Crippen molar-refractivity contribution < 1.29 is 0 Å². The maximum absolute atomic E-state index is 4.10. The lowest BCUT2D eigenvalue weighted by Crippen LogP contribution is -2.58. The van der Waals surface area contributed by atoms with Crippen LogP contribution in [-0.4, -0.2) is 29.6 Å². The van der Waals surface area contributed by atoms with Crippen molar-refractivity contribution in [3.63, 3.8) is 0 Å². The number of hydrogen-bond acceptors (Lipinski definition) is 2. The summed E-state index contributed by atoms with van der Waals surface area (Å²) in [4.78, 5) is 2.35. The largest absolute Gasteiger partial charge is 0.245 e. The van der Waals surface area contributed by atoms with Crippen LogP contribution in [0.5, 0.6) is 0 Å². The van der Waals surface area contributed by atoms with E-state index in [0.29, 0.717) is 33.2 Å². The highest BCUT2D eigenvalue weighted by Crippen LogP contribution is 2.44. The van der Waals surface area contributed by atoms with Crippen molar-refractivity contribution in [1.29, 1.82) is 0 Å². The normalized spacial score (nSPS) is 12.1. The Morgan fingerprint density at radius 3 is 0.738 bits per heavy atom. The van der Waals surface area contributed by atoms with Gasteiger partial charge >= 0.3 is 0 Å². The molecule has 7 rings (SSSR count). The molecule has 0 saturated carbocycles. The van der Waals surface area contributed by atoms with Crippen molar-refractivity contribution in [2.45, 2.75) is 199 Å². The maximum Gasteiger partial charge on any atom is 0.245 e. The van der Waals surface area contributed by atoms with E-state index in [9.17, 15) is 0 Å². The van der Waals surface area contributed by atoms with E-state index in [1.165, 1.54) is 109 Å². The van der Waals surface area contributed by atoms with E-state index >= 15 is 0 Å². The molecule has 0 unspecified atom stereocenters. The molecular formula is C72H90B2Br2S2Si2. The molecular weight excluding hydrogens is 1170 g/mol. The Labute approximate surface area is 514 Å². The molecule has 0 radical (unpaired) electrons. The van der Waals surface area contributed by atoms with Gasteiger partial charge in [-0.3, -0.25) is 0 Å². The number of hydrogen-bond donors (Lipinski definition) is 0. The van der Waals surface area contributed by atoms with Crippen LogP contribution < -0.4 is 41.8 Å². The molecule has 7 aromatic rings. The zero-order valence-electron chi connectivity index (χ0n) is 53.1. The van der Waals surface area contributed by atoms with Crippen LogP contribution in [0.4, 0.5) is 0 Å². The summed E-state index contributed by atoms with van der Waals surface area (Å²) in [6.07, 6.45) is 0. The Kier molecular flexibility index (Phi) is 20.0. The van der Waals surface area contributed by atoms with E-state index in [2.05, 4.69) is 295 Å². The zero-order chi connectivity index (χ0) is 59.4. The number of halogens is 2. The van der Waals surface area contributed by atoms with Crippen LogP contribution in [0.1, 0.15) is 171 Å². The van der Waals surface area contributed by atoms with E-state index in [1.807, 2.05) is 22.7 Å². The molecule has 0 saturated heterocycles. The Balaban J connectivity index is 1.48. The standard InChI is InChI=1S/C72H90B2Br2S2Si2/c1-41(2)79(42(3)4,43(5)6)67-39-61(73(69-51(17)29-47(13)30-52(69)18)70-53(19)31-48(14)32-54(70)20)65(77-67)27-25-59-37-64(76)60(38-63(59)75)26-28-66-62(40-68(78-66)80(44(7)8,45(9)10)46(11)12)74(71-55(21)33-49(15)34-56(71)22)72-57(23)35-50(16)36-58(72)24/h29-46H,1-24H3. The lowest BCUT2D eigenvalue weighted by atomic mass is 9.34. The molecule has 418 valence electrons. The summed E-state index contributed by atoms with van der Waals surface area (Å²) >= 11 is 12.2. The Morgan fingerprint density at radius 2 is 0.537 bits per heavy atom. The summed E-state index contributed by atoms with van der Waals surface area (Å²) < 4.78 is 5.05. The number of aryl methyl sites for hydroxylation is 12. The van der Waals surface area contributed by atoms with Crippen molar-refractivity contribution in [2.75, 3.05) is 0 Å². The summed E-state index contributed by atoms with van der Waals surface area (Å²) in [5, 5.41) is 0. The first-order valence-electron chi connectivity index (χ1n) is 29.5. The van der Waals surface area contributed by atoms with Crippen LogP contribution in [0, 0.1) is 107 Å². The fourth-order valence-electron chi connectivity index (χ4n) is 16.1. The van der Waals surface area contributed by atoms with E-state index in [1.54, 1.807) is 9.00 Å². The van der Waals surface area contributed by atoms with Crippen LogP contribution in [0.3, 0.4) is 0 Å². The second-order valence-corrected chi connectivity index (χ2v) is 42.3. The molecule has 0 fully saturated rings. The fraction of sp³-hybridized carbons (Fsp3) is 0.417. The summed E-state index contributed by atoms with van der Waals surface area (Å²) in [6.45, 7) is 57.4. The highest BCUT2D eigenvalue weighted by molar-refractivity contribution is 9.11. The summed E-state index contributed by atoms with van der Waals surface area (Å²) in [5.41, 5.74) is 29.5. The molecule has 0 nitrogen and oxygen atoms in total. The lowest BCUT2D eigenvalue weighted by molar-refractivity contribution is 0.837. The van der Waals surface area contributed by atoms with Gasteiger partial charge < -0.3 is 0 Å². The van der Waals surface area contributed by atoms with Gasteiger partial charge in [-0.05, 0) is 180 Å². The lowest BCUT2D eigenvalue weighted by Gasteiger charge is -2.42. The van der Waals surface area contributed by atoms with Gasteiger partial charge in [0, 0.05) is 20.1 Å². The summed E-state index contributed by atoms with van der Waals surface area (Å²) in [5.74, 6) is 15.5. The summed E-state index contributed by atoms with van der Waals surface area (Å²) in [6, 6.07) is 28.8. The van der Waals surface area contributed by atoms with E-state index < -0.39 is 16.1 Å². The molecule has 0 aliphatic carbocycles. The Hall–Kier alpha value is -3.86. The molecule has 0 N–H and O–H groups in total. The molecule has 5 aromatic carbocycles. The molecule has 80 heavy (non-hydrogen) atoms. The van der Waals surface area contributed by atoms with Crippen molar-refractivity contribution >= 4 is 126 Å². The molecule has 0 aliphatic rings. The molecule has 2 aromatic heterocycles. The SMILES string of the molecule is Cc1cc(C)c(B(c2cc([Si](C(C)C)(C(C)C)C(C)C)sc2C#Cc2cc(Br)c(C#Cc3sc([Si](C(C)C)(C(C)C)C(C)C)cc3B(c3c(C)cc(C)cc3C)c3c(C)cc(C)cc3C)cc2Br)c2c(C)cc(C)cc2C)c(C)c1. The average Bonchev–Trinajstić information content (AvgIpc) is 4.10. The minimum absolute atomic E-state index is 0.0332. The van der Waals surface area contributed by atoms with Crippen LogP contribution in [-0.2, 0) is 0 Å². The van der Waals surface area contributed by atoms with Crippen LogP contribution in [0.2, 0.25) is 33.2 Å². The van der Waals surface area contributed by atoms with Gasteiger partial charge in [-0.1, -0.05) is 256 Å². The van der Waals surface area contributed by atoms with Crippen molar-refractivity contribution in [1.82, 2.24) is 0 Å². The second-order valence-electron chi connectivity index (χ2n) is 26.0. The van der Waals surface area contributed by atoms with Gasteiger partial charge in [0.15, 0.2) is 0 Å². The molecule has 0 bridgehead atoms. The third kappa shape index (κ3) is 12.0. The van der Waals surface area contributed by atoms with Crippen LogP contribution >= 0.6 is 54.5 Å². The first-order chi connectivity index (χ1) is 37.4. The van der Waals surface area contributed by atoms with Gasteiger partial charge in [0.1, 0.15) is 16.1 Å². The van der Waals surface area contributed by atoms with Crippen LogP contribution in [0.15, 0.2) is 81.7 Å². The van der Waals surface area contributed by atoms with E-state index in [4.69, 9.17) is 0 Å². The van der Waals surface area contributed by atoms with Gasteiger partial charge in [-0.25, -0.2) is 0 Å². The second kappa shape index (κ2) is 25.2. The minimum atomic E-state index is -2.08. The van der Waals surface area contributed by atoms with E-state index in [0.717, 1.165) is 20.1 Å². The third-order valence-corrected chi connectivity index (χ3v) is 37.8. The fourth-order valence-corrected chi connectivity index (χ4v) is 37.0. The maximum atomic E-state index is 4.10. The van der Waals surface area contributed by atoms with Crippen LogP contribution in [0.25, 0.3) is 0 Å². The minimum Gasteiger partial charge on any atom is -0.137 e. The van der Waals surface area contributed by atoms with Crippen molar-refractivity contribution in [2.24, 2.45) is 0 Å². The molecule has 0 spiro atoms. The first-order valence-corrected chi connectivity index (χ1v) is 37.2. The average molecular weight is 1260 g/mol. The van der Waals surface area contributed by atoms with Gasteiger partial charge in [0.25, 0.3) is 0 Å². The van der Waals surface area contributed by atoms with Gasteiger partial charge in [-0.2, -0.15) is 0 Å². The number of rotatable bonds is 14. The quantitative estimate of drug-likeness (QED) is 0.0752. The number of benzene rings is 5. The van der Waals surface area contributed by atoms with E-state index in [-0.39, 0.29) is 13.4 Å². The highest BCUT2D eigenvalue weighted by atomic mass is 79.9. The molecule has 0 amide bonds. The van der Waals surface area contributed by atoms with Crippen molar-refractivity contribution in [3.05, 3.63) is 169 Å². The Morgan fingerprint density at radius 1 is 0.325 bits per heavy atom. The topological polar surface area (TPSA) is 0 Å². The highest BCUT2D eigenvalue weighted by Gasteiger charge is 2.48. The van der Waals surface area contributed by atoms with Gasteiger partial charge in [-0.15, -0.1) is 22.7 Å². The zero-order valence-corrected chi connectivity index (χ0v) is 59.9. The smallest absolute Gasteiger partial charge is 0.137 e. The number of thiophene rings is 2. The molecule has 0 atom stereocenters. The predicted molar refractivity (Wildman–Crippen MR) is 376 cm³/mol. The third-order valence-electron chi connectivity index (χ3n) is 18.5. The van der Waals surface area contributed by atoms with Gasteiger partial charge in [0.05, 0.1) is 9.75 Å². The Bertz CT molecular complexity index is 3130.